The lowest BCUT2D eigenvalue weighted by Gasteiger charge is -2.36. The Labute approximate surface area is 126 Å². The van der Waals surface area contributed by atoms with Gasteiger partial charge in [0.05, 0.1) is 12.2 Å². The molecule has 0 radical (unpaired) electrons. The summed E-state index contributed by atoms with van der Waals surface area (Å²) in [5.41, 5.74) is -8.23. The monoisotopic (exact) mass is 345 g/mol. The van der Waals surface area contributed by atoms with Gasteiger partial charge in [-0.05, 0) is 13.8 Å². The number of hydrogen-bond acceptors (Lipinski definition) is 5. The number of aliphatic hydroxyl groups excluding tert-OH is 1. The van der Waals surface area contributed by atoms with E-state index in [1.165, 1.54) is 6.92 Å². The van der Waals surface area contributed by atoms with Gasteiger partial charge in [-0.25, -0.2) is 18.6 Å². The second kappa shape index (κ2) is 6.22. The Kier molecular flexibility index (Phi) is 5.14. The third kappa shape index (κ3) is 3.19. The van der Waals surface area contributed by atoms with E-state index in [0.29, 0.717) is 6.92 Å². The smallest absolute Gasteiger partial charge is 0.433 e. The molecule has 0 spiro atoms. The predicted molar refractivity (Wildman–Crippen MR) is 64.9 cm³/mol. The first-order valence-corrected chi connectivity index (χ1v) is 6.16. The van der Waals surface area contributed by atoms with Gasteiger partial charge in [-0.3, -0.25) is 4.79 Å². The molecule has 2 atom stereocenters. The number of carbonyl (C=O) groups is 2. The average molecular weight is 345 g/mol. The van der Waals surface area contributed by atoms with Crippen LogP contribution in [-0.4, -0.2) is 53.2 Å². The Balaban J connectivity index is 3.73. The van der Waals surface area contributed by atoms with Gasteiger partial charge in [0, 0.05) is 0 Å². The van der Waals surface area contributed by atoms with E-state index in [9.17, 15) is 36.6 Å². The second-order valence-electron chi connectivity index (χ2n) is 4.69. The molecular formula is C12H12F5NO5. The van der Waals surface area contributed by atoms with Gasteiger partial charge in [-0.2, -0.15) is 13.2 Å². The standard InChI is InChI=1S/C12H12F5NO5/c1-3-23-9(20)4-5(12(15,16)17)18-6(8(13)14)11(2,7(4)19)10(21)22/h7-8,19H,3H2,1-2H3,(H,21,22). The Morgan fingerprint density at radius 2 is 1.91 bits per heavy atom. The number of carboxylic acid groups (broad SMARTS) is 1. The van der Waals surface area contributed by atoms with Crippen LogP contribution in [0.1, 0.15) is 13.8 Å². The molecule has 1 heterocycles. The van der Waals surface area contributed by atoms with Crippen LogP contribution in [0.2, 0.25) is 0 Å². The summed E-state index contributed by atoms with van der Waals surface area (Å²) in [4.78, 5) is 25.6. The highest BCUT2D eigenvalue weighted by Crippen LogP contribution is 2.42. The molecule has 0 bridgehead atoms. The zero-order valence-electron chi connectivity index (χ0n) is 11.8. The largest absolute Gasteiger partial charge is 0.480 e. The van der Waals surface area contributed by atoms with Crippen molar-refractivity contribution in [3.8, 4) is 0 Å². The van der Waals surface area contributed by atoms with Gasteiger partial charge in [0.15, 0.2) is 5.70 Å². The van der Waals surface area contributed by atoms with Crippen LogP contribution in [-0.2, 0) is 14.3 Å². The van der Waals surface area contributed by atoms with Crippen LogP contribution in [0.15, 0.2) is 16.3 Å². The Bertz CT molecular complexity index is 583. The molecular weight excluding hydrogens is 333 g/mol. The van der Waals surface area contributed by atoms with Crippen molar-refractivity contribution in [1.29, 1.82) is 0 Å². The van der Waals surface area contributed by atoms with E-state index in [1.807, 2.05) is 0 Å². The van der Waals surface area contributed by atoms with Crippen LogP contribution in [0, 0.1) is 5.41 Å². The quantitative estimate of drug-likeness (QED) is 0.595. The molecule has 6 nitrogen and oxygen atoms in total. The van der Waals surface area contributed by atoms with Crippen molar-refractivity contribution in [2.75, 3.05) is 6.61 Å². The van der Waals surface area contributed by atoms with Gasteiger partial charge in [0.2, 0.25) is 0 Å². The van der Waals surface area contributed by atoms with Crippen molar-refractivity contribution in [1.82, 2.24) is 0 Å². The van der Waals surface area contributed by atoms with Crippen LogP contribution in [0.5, 0.6) is 0 Å². The van der Waals surface area contributed by atoms with Crippen molar-refractivity contribution in [2.45, 2.75) is 32.6 Å². The van der Waals surface area contributed by atoms with E-state index in [0.717, 1.165) is 0 Å². The fourth-order valence-electron chi connectivity index (χ4n) is 1.99. The molecule has 11 heteroatoms. The molecule has 0 amide bonds. The van der Waals surface area contributed by atoms with Gasteiger partial charge in [0.25, 0.3) is 6.43 Å². The molecule has 0 aromatic rings. The molecule has 0 aromatic carbocycles. The molecule has 1 aliphatic rings. The number of esters is 1. The summed E-state index contributed by atoms with van der Waals surface area (Å²) in [6, 6.07) is 0. The summed E-state index contributed by atoms with van der Waals surface area (Å²) >= 11 is 0. The van der Waals surface area contributed by atoms with Crippen molar-refractivity contribution in [2.24, 2.45) is 10.4 Å². The number of aliphatic imine (C=N–C) groups is 1. The minimum absolute atomic E-state index is 0.380. The van der Waals surface area contributed by atoms with Gasteiger partial charge in [0.1, 0.15) is 17.2 Å². The number of alkyl halides is 5. The average Bonchev–Trinajstić information content (AvgIpc) is 2.39. The zero-order valence-corrected chi connectivity index (χ0v) is 11.8. The van der Waals surface area contributed by atoms with E-state index in [2.05, 4.69) is 9.73 Å². The van der Waals surface area contributed by atoms with E-state index in [-0.39, 0.29) is 6.61 Å². The van der Waals surface area contributed by atoms with Gasteiger partial charge in [-0.15, -0.1) is 0 Å². The molecule has 130 valence electrons. The number of carbonyl (C=O) groups excluding carboxylic acids is 1. The fraction of sp³-hybridized carbons (Fsp3) is 0.583. The molecule has 0 saturated heterocycles. The minimum Gasteiger partial charge on any atom is -0.480 e. The number of allylic oxidation sites excluding steroid dienone is 1. The number of hydrogen-bond donors (Lipinski definition) is 2. The normalized spacial score (nSPS) is 25.4. The summed E-state index contributed by atoms with van der Waals surface area (Å²) in [7, 11) is 0. The van der Waals surface area contributed by atoms with Gasteiger partial charge < -0.3 is 14.9 Å². The Morgan fingerprint density at radius 3 is 2.26 bits per heavy atom. The van der Waals surface area contributed by atoms with E-state index in [1.54, 1.807) is 0 Å². The molecule has 23 heavy (non-hydrogen) atoms. The number of aliphatic carboxylic acids is 1. The molecule has 1 rings (SSSR count). The maximum atomic E-state index is 13.0. The number of rotatable bonds is 4. The first-order valence-electron chi connectivity index (χ1n) is 6.16. The summed E-state index contributed by atoms with van der Waals surface area (Å²) in [6.07, 6.45) is -11.8. The maximum Gasteiger partial charge on any atom is 0.433 e. The lowest BCUT2D eigenvalue weighted by atomic mass is 9.73. The van der Waals surface area contributed by atoms with Gasteiger partial charge >= 0.3 is 18.1 Å². The lowest BCUT2D eigenvalue weighted by Crippen LogP contribution is -2.54. The second-order valence-corrected chi connectivity index (χ2v) is 4.69. The predicted octanol–water partition coefficient (Wildman–Crippen LogP) is 1.54. The van der Waals surface area contributed by atoms with Crippen LogP contribution < -0.4 is 0 Å². The number of carboxylic acids is 1. The van der Waals surface area contributed by atoms with Crippen LogP contribution in [0.3, 0.4) is 0 Å². The maximum absolute atomic E-state index is 13.0. The van der Waals surface area contributed by atoms with Crippen molar-refractivity contribution < 1.29 is 46.5 Å². The third-order valence-electron chi connectivity index (χ3n) is 3.25. The first-order chi connectivity index (χ1) is 10.4. The van der Waals surface area contributed by atoms with Crippen molar-refractivity contribution in [3.63, 3.8) is 0 Å². The highest BCUT2D eigenvalue weighted by atomic mass is 19.4. The highest BCUT2D eigenvalue weighted by molar-refractivity contribution is 6.11. The molecule has 0 saturated carbocycles. The summed E-state index contributed by atoms with van der Waals surface area (Å²) in [5, 5.41) is 19.0. The summed E-state index contributed by atoms with van der Waals surface area (Å²) < 4.78 is 69.2. The fourth-order valence-corrected chi connectivity index (χ4v) is 1.99. The van der Waals surface area contributed by atoms with E-state index >= 15 is 0 Å². The SMILES string of the molecule is CCOC(=O)C1=C(C(F)(F)F)N=C(C(F)F)C(C)(C(=O)O)C1O. The third-order valence-corrected chi connectivity index (χ3v) is 3.25. The van der Waals surface area contributed by atoms with Crippen LogP contribution in [0.4, 0.5) is 22.0 Å². The number of nitrogens with zero attached hydrogens (tertiary/aromatic N) is 1. The molecule has 0 aromatic heterocycles. The minimum atomic E-state index is -5.37. The van der Waals surface area contributed by atoms with Crippen LogP contribution >= 0.6 is 0 Å². The lowest BCUT2D eigenvalue weighted by molar-refractivity contribution is -0.151. The Morgan fingerprint density at radius 1 is 1.39 bits per heavy atom. The summed E-state index contributed by atoms with van der Waals surface area (Å²) in [5.74, 6) is -3.75. The highest BCUT2D eigenvalue weighted by Gasteiger charge is 2.58. The molecule has 2 unspecified atom stereocenters. The van der Waals surface area contributed by atoms with E-state index in [4.69, 9.17) is 5.11 Å². The summed E-state index contributed by atoms with van der Waals surface area (Å²) in [6.45, 7) is 1.43. The van der Waals surface area contributed by atoms with Crippen molar-refractivity contribution in [3.05, 3.63) is 11.3 Å². The molecule has 1 aliphatic heterocycles. The first kappa shape index (κ1) is 19.0. The van der Waals surface area contributed by atoms with Gasteiger partial charge in [-0.1, -0.05) is 0 Å². The topological polar surface area (TPSA) is 96.2 Å². The number of aliphatic hydroxyl groups is 1. The molecule has 0 aliphatic carbocycles. The van der Waals surface area contributed by atoms with Crippen LogP contribution in [0.25, 0.3) is 0 Å². The molecule has 2 N–H and O–H groups in total. The van der Waals surface area contributed by atoms with Crippen molar-refractivity contribution >= 4 is 17.7 Å². The number of halogens is 5. The molecule has 0 fully saturated rings. The number of ether oxygens (including phenoxy) is 1. The zero-order chi connectivity index (χ0) is 18.2. The van der Waals surface area contributed by atoms with E-state index < -0.39 is 53.0 Å². The Hall–Kier alpha value is -2.04.